The van der Waals surface area contributed by atoms with Gasteiger partial charge >= 0.3 is 5.69 Å². The van der Waals surface area contributed by atoms with Gasteiger partial charge in [-0.15, -0.1) is 0 Å². The molecule has 10 nitrogen and oxygen atoms in total. The monoisotopic (exact) mass is 477 g/mol. The van der Waals surface area contributed by atoms with Gasteiger partial charge in [-0.25, -0.2) is 32.1 Å². The van der Waals surface area contributed by atoms with Crippen molar-refractivity contribution in [2.75, 3.05) is 20.3 Å². The molecule has 1 aromatic carbocycles. The lowest BCUT2D eigenvalue weighted by Crippen LogP contribution is -2.38. The number of rotatable bonds is 5. The van der Waals surface area contributed by atoms with E-state index in [1.165, 1.54) is 22.4 Å². The Balaban J connectivity index is 1.76. The number of hydrogen-bond donors (Lipinski definition) is 1. The van der Waals surface area contributed by atoms with Gasteiger partial charge in [0.05, 0.1) is 55.0 Å². The van der Waals surface area contributed by atoms with Gasteiger partial charge in [-0.1, -0.05) is 0 Å². The zero-order chi connectivity index (χ0) is 23.5. The Morgan fingerprint density at radius 3 is 2.52 bits per heavy atom. The predicted octanol–water partition coefficient (Wildman–Crippen LogP) is 1.30. The van der Waals surface area contributed by atoms with Crippen LogP contribution in [0.15, 0.2) is 40.2 Å². The van der Waals surface area contributed by atoms with Crippen LogP contribution in [0.4, 0.5) is 8.78 Å². The molecule has 4 heterocycles. The number of halogens is 2. The molecule has 2 N–H and O–H groups in total. The zero-order valence-electron chi connectivity index (χ0n) is 17.2. The Kier molecular flexibility index (Phi) is 4.92. The van der Waals surface area contributed by atoms with Gasteiger partial charge < -0.3 is 9.47 Å². The highest BCUT2D eigenvalue weighted by Crippen LogP contribution is 2.29. The number of hydrogen-bond acceptors (Lipinski definition) is 7. The number of pyridine rings is 2. The number of methoxy groups -OCH3 is 1. The number of nitrogens with two attached hydrogens (primary N) is 1. The highest BCUT2D eigenvalue weighted by molar-refractivity contribution is 7.89. The highest BCUT2D eigenvalue weighted by Gasteiger charge is 2.28. The highest BCUT2D eigenvalue weighted by atomic mass is 32.2. The normalized spacial score (nSPS) is 14.7. The topological polar surface area (TPSA) is 131 Å². The molecule has 33 heavy (non-hydrogen) atoms. The van der Waals surface area contributed by atoms with Gasteiger partial charge in [0.1, 0.15) is 11.6 Å². The molecule has 0 radical (unpaired) electrons. The maximum Gasteiger partial charge on any atom is 0.329 e. The van der Waals surface area contributed by atoms with Crippen LogP contribution in [-0.4, -0.2) is 47.8 Å². The third-order valence-corrected chi connectivity index (χ3v) is 6.47. The summed E-state index contributed by atoms with van der Waals surface area (Å²) in [7, 11) is -2.86. The second-order valence-electron chi connectivity index (χ2n) is 7.56. The van der Waals surface area contributed by atoms with Gasteiger partial charge in [0.25, 0.3) is 0 Å². The lowest BCUT2D eigenvalue weighted by atomic mass is 10.2. The van der Waals surface area contributed by atoms with Crippen LogP contribution in [0.5, 0.6) is 5.88 Å². The van der Waals surface area contributed by atoms with Crippen LogP contribution in [-0.2, 0) is 21.3 Å². The molecule has 0 amide bonds. The smallest absolute Gasteiger partial charge is 0.329 e. The molecule has 5 rings (SSSR count). The Morgan fingerprint density at radius 2 is 1.94 bits per heavy atom. The van der Waals surface area contributed by atoms with E-state index >= 15 is 0 Å². The largest absolute Gasteiger partial charge is 0.481 e. The molecular formula is C20H17F2N5O5S. The van der Waals surface area contributed by atoms with Gasteiger partial charge in [-0.05, 0) is 18.2 Å². The van der Waals surface area contributed by atoms with Crippen molar-refractivity contribution >= 4 is 32.1 Å². The fraction of sp³-hybridized carbons (Fsp3) is 0.250. The number of nitrogens with zero attached hydrogens (tertiary/aromatic N) is 4. The summed E-state index contributed by atoms with van der Waals surface area (Å²) in [5, 5.41) is 5.46. The molecular weight excluding hydrogens is 460 g/mol. The molecule has 172 valence electrons. The molecule has 1 fully saturated rings. The molecule has 0 atom stereocenters. The van der Waals surface area contributed by atoms with Crippen molar-refractivity contribution in [2.24, 2.45) is 5.14 Å². The van der Waals surface area contributed by atoms with Gasteiger partial charge in [-0.2, -0.15) is 4.98 Å². The molecule has 13 heteroatoms. The minimum absolute atomic E-state index is 0.258. The van der Waals surface area contributed by atoms with Crippen LogP contribution < -0.4 is 15.6 Å². The van der Waals surface area contributed by atoms with E-state index in [2.05, 4.69) is 9.97 Å². The molecule has 0 spiro atoms. The number of fused-ring (bicyclic) bond motifs is 3. The van der Waals surface area contributed by atoms with E-state index in [1.807, 2.05) is 0 Å². The number of aromatic nitrogens is 4. The molecule has 1 saturated heterocycles. The number of primary sulfonamides is 1. The van der Waals surface area contributed by atoms with Crippen molar-refractivity contribution in [2.45, 2.75) is 17.5 Å². The molecule has 0 saturated carbocycles. The summed E-state index contributed by atoms with van der Waals surface area (Å²) in [5.41, 5.74) is 0.108. The number of ether oxygens (including phenoxy) is 2. The lowest BCUT2D eigenvalue weighted by Gasteiger charge is -2.26. The van der Waals surface area contributed by atoms with Crippen LogP contribution in [0, 0.1) is 11.6 Å². The van der Waals surface area contributed by atoms with E-state index in [9.17, 15) is 22.0 Å². The van der Waals surface area contributed by atoms with Crippen molar-refractivity contribution in [3.63, 3.8) is 0 Å². The fourth-order valence-corrected chi connectivity index (χ4v) is 4.40. The first kappa shape index (κ1) is 21.4. The minimum atomic E-state index is -4.31. The predicted molar refractivity (Wildman–Crippen MR) is 113 cm³/mol. The molecule has 0 aliphatic carbocycles. The summed E-state index contributed by atoms with van der Waals surface area (Å²) >= 11 is 0. The first-order valence-electron chi connectivity index (χ1n) is 9.72. The van der Waals surface area contributed by atoms with Crippen molar-refractivity contribution in [1.29, 1.82) is 0 Å². The van der Waals surface area contributed by atoms with Crippen LogP contribution in [0.1, 0.15) is 11.6 Å². The molecule has 0 unspecified atom stereocenters. The second-order valence-corrected chi connectivity index (χ2v) is 9.12. The summed E-state index contributed by atoms with van der Waals surface area (Å²) in [6.07, 6.45) is 1.47. The number of sulfonamides is 1. The van der Waals surface area contributed by atoms with Crippen molar-refractivity contribution in [1.82, 2.24) is 19.1 Å². The fourth-order valence-electron chi connectivity index (χ4n) is 3.86. The molecule has 0 bridgehead atoms. The first-order valence-corrected chi connectivity index (χ1v) is 11.3. The minimum Gasteiger partial charge on any atom is -0.481 e. The van der Waals surface area contributed by atoms with Crippen LogP contribution in [0.3, 0.4) is 0 Å². The first-order chi connectivity index (χ1) is 15.7. The summed E-state index contributed by atoms with van der Waals surface area (Å²) < 4.78 is 65.6. The molecule has 4 aromatic rings. The summed E-state index contributed by atoms with van der Waals surface area (Å²) in [5.74, 6) is -1.97. The average molecular weight is 477 g/mol. The molecule has 3 aromatic heterocycles. The van der Waals surface area contributed by atoms with E-state index in [0.717, 1.165) is 0 Å². The molecule has 1 aliphatic heterocycles. The van der Waals surface area contributed by atoms with Crippen molar-refractivity contribution in [3.05, 3.63) is 58.1 Å². The van der Waals surface area contributed by atoms with Crippen molar-refractivity contribution < 1.29 is 26.7 Å². The second kappa shape index (κ2) is 7.57. The number of imidazole rings is 1. The van der Waals surface area contributed by atoms with Crippen LogP contribution in [0.25, 0.3) is 22.1 Å². The Hall–Kier alpha value is -3.42. The summed E-state index contributed by atoms with van der Waals surface area (Å²) in [4.78, 5) is 21.3. The Labute approximate surface area is 185 Å². The maximum absolute atomic E-state index is 14.8. The molecule has 1 aliphatic rings. The third kappa shape index (κ3) is 3.44. The van der Waals surface area contributed by atoms with E-state index < -0.39 is 44.4 Å². The standard InChI is InChI=1S/C20H17F2N5O5S/c1-31-17-3-2-12-18-16(6-24-19(12)25-17)27(10-8-32-9-10)20(28)26(18)7-13-14(21)4-11(5-15(13)22)33(23,29)30/h2-6,10H,7-9H2,1H3,(H2,23,29,30). The summed E-state index contributed by atoms with van der Waals surface area (Å²) in [6.45, 7) is 0.122. The van der Waals surface area contributed by atoms with Gasteiger partial charge in [-0.3, -0.25) is 9.13 Å². The average Bonchev–Trinajstić information content (AvgIpc) is 3.00. The number of benzene rings is 1. The van der Waals surface area contributed by atoms with E-state index in [4.69, 9.17) is 14.6 Å². The van der Waals surface area contributed by atoms with Crippen molar-refractivity contribution in [3.8, 4) is 5.88 Å². The van der Waals surface area contributed by atoms with Crippen LogP contribution in [0.2, 0.25) is 0 Å². The van der Waals surface area contributed by atoms with E-state index in [-0.39, 0.29) is 11.7 Å². The van der Waals surface area contributed by atoms with Gasteiger partial charge in [0.2, 0.25) is 15.9 Å². The quantitative estimate of drug-likeness (QED) is 0.458. The zero-order valence-corrected chi connectivity index (χ0v) is 18.0. The maximum atomic E-state index is 14.8. The van der Waals surface area contributed by atoms with Gasteiger partial charge in [0, 0.05) is 17.0 Å². The SMILES string of the molecule is COc1ccc2c(ncc3c2n(Cc2c(F)cc(S(N)(=O)=O)cc2F)c(=O)n3C2COC2)n1. The Morgan fingerprint density at radius 1 is 1.24 bits per heavy atom. The lowest BCUT2D eigenvalue weighted by molar-refractivity contribution is -0.0231. The Bertz CT molecular complexity index is 1570. The van der Waals surface area contributed by atoms with E-state index in [1.54, 1.807) is 12.1 Å². The summed E-state index contributed by atoms with van der Waals surface area (Å²) in [6, 6.07) is 4.24. The van der Waals surface area contributed by atoms with Gasteiger partial charge in [0.15, 0.2) is 5.65 Å². The van der Waals surface area contributed by atoms with Crippen LogP contribution >= 0.6 is 0 Å². The van der Waals surface area contributed by atoms with E-state index in [0.29, 0.717) is 47.6 Å². The third-order valence-electron chi connectivity index (χ3n) is 5.58.